The van der Waals surface area contributed by atoms with Gasteiger partial charge < -0.3 is 9.52 Å². The molecule has 114 valence electrons. The Morgan fingerprint density at radius 1 is 1.43 bits per heavy atom. The molecule has 3 rings (SSSR count). The maximum atomic E-state index is 12.6. The average Bonchev–Trinajstić information content (AvgIpc) is 3.23. The maximum absolute atomic E-state index is 12.6. The number of sulfonamides is 1. The molecule has 1 saturated carbocycles. The van der Waals surface area contributed by atoms with Crippen molar-refractivity contribution >= 4 is 21.1 Å². The molecule has 1 aliphatic carbocycles. The molecule has 1 fully saturated rings. The Labute approximate surface area is 121 Å². The molecule has 1 heterocycles. The van der Waals surface area contributed by atoms with Gasteiger partial charge in [-0.1, -0.05) is 0 Å². The number of fused-ring (bicyclic) bond motifs is 1. The molecule has 1 aromatic carbocycles. The number of aromatic nitrogens is 1. The van der Waals surface area contributed by atoms with Gasteiger partial charge in [0.1, 0.15) is 0 Å². The summed E-state index contributed by atoms with van der Waals surface area (Å²) in [6.45, 7) is -0.151. The highest BCUT2D eigenvalue weighted by Gasteiger charge is 2.37. The lowest BCUT2D eigenvalue weighted by atomic mass is 10.3. The van der Waals surface area contributed by atoms with Crippen LogP contribution in [0.5, 0.6) is 0 Å². The van der Waals surface area contributed by atoms with Gasteiger partial charge in [-0.2, -0.15) is 4.31 Å². The van der Waals surface area contributed by atoms with Gasteiger partial charge in [0.2, 0.25) is 10.0 Å². The quantitative estimate of drug-likeness (QED) is 0.856. The zero-order valence-corrected chi connectivity index (χ0v) is 12.3. The van der Waals surface area contributed by atoms with Crippen molar-refractivity contribution in [3.8, 4) is 0 Å². The number of rotatable bonds is 5. The first-order valence-electron chi connectivity index (χ1n) is 6.67. The second-order valence-electron chi connectivity index (χ2n) is 5.13. The molecule has 8 heteroatoms. The number of aliphatic hydroxyl groups excluding tert-OH is 1. The SMILES string of the molecule is Cn1c(=O)oc2cc(S(=O)(=O)N(CCO)C3CC3)ccc21. The Morgan fingerprint density at radius 2 is 2.14 bits per heavy atom. The first-order valence-corrected chi connectivity index (χ1v) is 8.11. The van der Waals surface area contributed by atoms with E-state index < -0.39 is 15.8 Å². The standard InChI is InChI=1S/C13H16N2O5S/c1-14-11-5-4-10(8-12(11)20-13(14)17)21(18,19)15(6-7-16)9-2-3-9/h4-5,8-9,16H,2-3,6-7H2,1H3. The van der Waals surface area contributed by atoms with Gasteiger partial charge in [0, 0.05) is 25.7 Å². The Bertz CT molecular complexity index is 832. The van der Waals surface area contributed by atoms with Gasteiger partial charge in [0.05, 0.1) is 17.0 Å². The topological polar surface area (TPSA) is 92.8 Å². The molecule has 0 atom stereocenters. The lowest BCUT2D eigenvalue weighted by molar-refractivity contribution is 0.250. The summed E-state index contributed by atoms with van der Waals surface area (Å²) < 4.78 is 32.9. The number of aryl methyl sites for hydroxylation is 1. The van der Waals surface area contributed by atoms with Gasteiger partial charge in [-0.15, -0.1) is 0 Å². The third-order valence-electron chi connectivity index (χ3n) is 3.64. The average molecular weight is 312 g/mol. The number of hydrogen-bond donors (Lipinski definition) is 1. The van der Waals surface area contributed by atoms with E-state index in [0.29, 0.717) is 5.52 Å². The van der Waals surface area contributed by atoms with Crippen LogP contribution in [0.4, 0.5) is 0 Å². The van der Waals surface area contributed by atoms with Crippen molar-refractivity contribution in [1.82, 2.24) is 8.87 Å². The molecule has 1 aromatic heterocycles. The largest absolute Gasteiger partial charge is 0.419 e. The van der Waals surface area contributed by atoms with Crippen molar-refractivity contribution in [3.05, 3.63) is 28.7 Å². The van der Waals surface area contributed by atoms with E-state index in [2.05, 4.69) is 0 Å². The molecular weight excluding hydrogens is 296 g/mol. The van der Waals surface area contributed by atoms with E-state index in [-0.39, 0.29) is 29.7 Å². The number of hydrogen-bond acceptors (Lipinski definition) is 5. The summed E-state index contributed by atoms with van der Waals surface area (Å²) in [5.74, 6) is -0.533. The molecule has 1 N–H and O–H groups in total. The zero-order chi connectivity index (χ0) is 15.2. The summed E-state index contributed by atoms with van der Waals surface area (Å²) in [5.41, 5.74) is 0.780. The molecule has 21 heavy (non-hydrogen) atoms. The van der Waals surface area contributed by atoms with Crippen molar-refractivity contribution in [3.63, 3.8) is 0 Å². The Hall–Kier alpha value is -1.64. The van der Waals surface area contributed by atoms with Crippen LogP contribution in [0.15, 0.2) is 32.3 Å². The van der Waals surface area contributed by atoms with Crippen molar-refractivity contribution in [2.24, 2.45) is 7.05 Å². The lowest BCUT2D eigenvalue weighted by Gasteiger charge is -2.20. The molecule has 1 aliphatic rings. The van der Waals surface area contributed by atoms with E-state index in [1.54, 1.807) is 13.1 Å². The summed E-state index contributed by atoms with van der Waals surface area (Å²) >= 11 is 0. The van der Waals surface area contributed by atoms with Gasteiger partial charge in [0.25, 0.3) is 0 Å². The molecule has 0 bridgehead atoms. The van der Waals surface area contributed by atoms with E-state index in [0.717, 1.165) is 12.8 Å². The minimum absolute atomic E-state index is 0.0411. The predicted molar refractivity (Wildman–Crippen MR) is 75.5 cm³/mol. The van der Waals surface area contributed by atoms with Gasteiger partial charge in [-0.25, -0.2) is 13.2 Å². The van der Waals surface area contributed by atoms with Crippen molar-refractivity contribution in [2.45, 2.75) is 23.8 Å². The first-order chi connectivity index (χ1) is 9.95. The summed E-state index contributed by atoms with van der Waals surface area (Å²) in [4.78, 5) is 11.5. The van der Waals surface area contributed by atoms with Crippen LogP contribution >= 0.6 is 0 Å². The molecule has 7 nitrogen and oxygen atoms in total. The highest BCUT2D eigenvalue weighted by molar-refractivity contribution is 7.89. The molecule has 2 aromatic rings. The van der Waals surface area contributed by atoms with E-state index >= 15 is 0 Å². The molecule has 0 unspecified atom stereocenters. The van der Waals surface area contributed by atoms with Crippen molar-refractivity contribution < 1.29 is 17.9 Å². The van der Waals surface area contributed by atoms with E-state index in [1.807, 2.05) is 0 Å². The van der Waals surface area contributed by atoms with E-state index in [1.165, 1.54) is 21.0 Å². The van der Waals surface area contributed by atoms with Crippen LogP contribution in [-0.4, -0.2) is 41.6 Å². The van der Waals surface area contributed by atoms with Gasteiger partial charge in [-0.05, 0) is 25.0 Å². The molecule has 0 spiro atoms. The Morgan fingerprint density at radius 3 is 2.76 bits per heavy atom. The maximum Gasteiger partial charge on any atom is 0.419 e. The van der Waals surface area contributed by atoms with Crippen LogP contribution in [0, 0.1) is 0 Å². The normalized spacial score (nSPS) is 16.0. The summed E-state index contributed by atoms with van der Waals surface area (Å²) in [7, 11) is -2.13. The molecular formula is C13H16N2O5S. The van der Waals surface area contributed by atoms with Gasteiger partial charge >= 0.3 is 5.76 Å². The number of benzene rings is 1. The number of nitrogens with zero attached hydrogens (tertiary/aromatic N) is 2. The predicted octanol–water partition coefficient (Wildman–Crippen LogP) is 0.277. The Balaban J connectivity index is 2.07. The smallest absolute Gasteiger partial charge is 0.408 e. The summed E-state index contributed by atoms with van der Waals surface area (Å²) in [5, 5.41) is 9.07. The summed E-state index contributed by atoms with van der Waals surface area (Å²) in [6.07, 6.45) is 1.61. The van der Waals surface area contributed by atoms with Crippen molar-refractivity contribution in [1.29, 1.82) is 0 Å². The molecule has 0 aliphatic heterocycles. The highest BCUT2D eigenvalue weighted by atomic mass is 32.2. The highest BCUT2D eigenvalue weighted by Crippen LogP contribution is 2.32. The fourth-order valence-corrected chi connectivity index (χ4v) is 4.06. The summed E-state index contributed by atoms with van der Waals surface area (Å²) in [6, 6.07) is 4.33. The van der Waals surface area contributed by atoms with Crippen LogP contribution in [0.25, 0.3) is 11.1 Å². The molecule has 0 amide bonds. The third-order valence-corrected chi connectivity index (χ3v) is 5.59. The second-order valence-corrected chi connectivity index (χ2v) is 7.02. The number of aliphatic hydroxyl groups is 1. The monoisotopic (exact) mass is 312 g/mol. The molecule has 0 radical (unpaired) electrons. The van der Waals surface area contributed by atoms with Crippen LogP contribution in [-0.2, 0) is 17.1 Å². The minimum Gasteiger partial charge on any atom is -0.408 e. The van der Waals surface area contributed by atoms with Crippen molar-refractivity contribution in [2.75, 3.05) is 13.2 Å². The van der Waals surface area contributed by atoms with Crippen LogP contribution in [0.1, 0.15) is 12.8 Å². The van der Waals surface area contributed by atoms with Crippen LogP contribution in [0.3, 0.4) is 0 Å². The van der Waals surface area contributed by atoms with Gasteiger partial charge in [-0.3, -0.25) is 4.57 Å². The zero-order valence-electron chi connectivity index (χ0n) is 11.5. The molecule has 0 saturated heterocycles. The number of oxazole rings is 1. The second kappa shape index (κ2) is 4.97. The fraction of sp³-hybridized carbons (Fsp3) is 0.462. The van der Waals surface area contributed by atoms with E-state index in [9.17, 15) is 13.2 Å². The minimum atomic E-state index is -3.69. The van der Waals surface area contributed by atoms with Crippen LogP contribution in [0.2, 0.25) is 0 Å². The fourth-order valence-electron chi connectivity index (χ4n) is 2.37. The van der Waals surface area contributed by atoms with Gasteiger partial charge in [0.15, 0.2) is 5.58 Å². The van der Waals surface area contributed by atoms with Crippen LogP contribution < -0.4 is 5.76 Å². The third kappa shape index (κ3) is 2.39. The Kier molecular flexibility index (Phi) is 3.39. The first kappa shape index (κ1) is 14.3. The lowest BCUT2D eigenvalue weighted by Crippen LogP contribution is -2.35. The van der Waals surface area contributed by atoms with E-state index in [4.69, 9.17) is 9.52 Å².